The van der Waals surface area contributed by atoms with Crippen molar-refractivity contribution in [1.29, 1.82) is 0 Å². The molecule has 2 N–H and O–H groups in total. The average Bonchev–Trinajstić information content (AvgIpc) is 1.79. The van der Waals surface area contributed by atoms with E-state index in [0.717, 1.165) is 0 Å². The monoisotopic (exact) mass is 186 g/mol. The summed E-state index contributed by atoms with van der Waals surface area (Å²) in [5.74, 6) is -1.05. The van der Waals surface area contributed by atoms with Gasteiger partial charge in [-0.05, 0) is 31.6 Å². The smallest absolute Gasteiger partial charge is 0.307 e. The summed E-state index contributed by atoms with van der Waals surface area (Å²) in [6.45, 7) is 5.62. The van der Waals surface area contributed by atoms with Gasteiger partial charge in [-0.15, -0.1) is 0 Å². The number of hydrogen-bond donors (Lipinski definition) is 2. The second-order valence-electron chi connectivity index (χ2n) is 5.09. The summed E-state index contributed by atoms with van der Waals surface area (Å²) in [6.07, 6.45) is 1.74. The number of hydrogen-bond acceptors (Lipinski definition) is 2. The van der Waals surface area contributed by atoms with E-state index in [1.54, 1.807) is 6.92 Å². The van der Waals surface area contributed by atoms with Gasteiger partial charge in [-0.3, -0.25) is 4.79 Å². The second-order valence-corrected chi connectivity index (χ2v) is 5.09. The van der Waals surface area contributed by atoms with E-state index in [1.165, 1.54) is 0 Å². The number of carbonyl (C=O) groups is 1. The third-order valence-electron chi connectivity index (χ3n) is 3.05. The second kappa shape index (κ2) is 2.98. The zero-order chi connectivity index (χ0) is 10.3. The largest absolute Gasteiger partial charge is 0.481 e. The van der Waals surface area contributed by atoms with Gasteiger partial charge in [-0.1, -0.05) is 13.8 Å². The predicted octanol–water partition coefficient (Wildman–Crippen LogP) is 1.65. The van der Waals surface area contributed by atoms with Crippen molar-refractivity contribution in [3.05, 3.63) is 0 Å². The van der Waals surface area contributed by atoms with Crippen LogP contribution < -0.4 is 0 Å². The zero-order valence-corrected chi connectivity index (χ0v) is 8.50. The molecule has 3 nitrogen and oxygen atoms in total. The van der Waals surface area contributed by atoms with E-state index in [2.05, 4.69) is 0 Å². The van der Waals surface area contributed by atoms with Crippen LogP contribution in [0.15, 0.2) is 0 Å². The maximum absolute atomic E-state index is 10.9. The Kier molecular flexibility index (Phi) is 2.41. The van der Waals surface area contributed by atoms with E-state index >= 15 is 0 Å². The quantitative estimate of drug-likeness (QED) is 0.654. The van der Waals surface area contributed by atoms with Crippen LogP contribution in [0.2, 0.25) is 0 Å². The number of carboxylic acids is 1. The van der Waals surface area contributed by atoms with E-state index in [9.17, 15) is 9.90 Å². The molecule has 0 bridgehead atoms. The molecule has 76 valence electrons. The van der Waals surface area contributed by atoms with Gasteiger partial charge in [0.1, 0.15) is 0 Å². The summed E-state index contributed by atoms with van der Waals surface area (Å²) >= 11 is 0. The Bertz CT molecular complexity index is 218. The summed E-state index contributed by atoms with van der Waals surface area (Å²) in [5.41, 5.74) is -0.983. The number of carboxylic acid groups (broad SMARTS) is 1. The molecule has 1 saturated carbocycles. The Morgan fingerprint density at radius 2 is 1.92 bits per heavy atom. The molecular weight excluding hydrogens is 168 g/mol. The number of aliphatic hydroxyl groups is 1. The summed E-state index contributed by atoms with van der Waals surface area (Å²) in [7, 11) is 0. The lowest BCUT2D eigenvalue weighted by atomic mass is 9.64. The van der Waals surface area contributed by atoms with Crippen molar-refractivity contribution in [1.82, 2.24) is 0 Å². The molecule has 2 atom stereocenters. The highest BCUT2D eigenvalue weighted by Crippen LogP contribution is 2.44. The Balaban J connectivity index is 2.79. The minimum absolute atomic E-state index is 0.298. The summed E-state index contributed by atoms with van der Waals surface area (Å²) in [6, 6.07) is 0. The van der Waals surface area contributed by atoms with Crippen molar-refractivity contribution in [3.63, 3.8) is 0 Å². The first-order valence-corrected chi connectivity index (χ1v) is 4.70. The van der Waals surface area contributed by atoms with Crippen LogP contribution in [0.1, 0.15) is 40.0 Å². The summed E-state index contributed by atoms with van der Waals surface area (Å²) < 4.78 is 0. The van der Waals surface area contributed by atoms with Crippen LogP contribution in [0, 0.1) is 11.3 Å². The van der Waals surface area contributed by atoms with Crippen molar-refractivity contribution in [2.75, 3.05) is 0 Å². The molecule has 0 heterocycles. The van der Waals surface area contributed by atoms with Crippen LogP contribution in [-0.2, 0) is 4.79 Å². The fourth-order valence-electron chi connectivity index (χ4n) is 2.50. The van der Waals surface area contributed by atoms with Crippen LogP contribution in [0.4, 0.5) is 0 Å². The normalized spacial score (nSPS) is 38.6. The first-order valence-electron chi connectivity index (χ1n) is 4.70. The van der Waals surface area contributed by atoms with E-state index in [-0.39, 0.29) is 11.3 Å². The Hall–Kier alpha value is -0.570. The van der Waals surface area contributed by atoms with E-state index in [4.69, 9.17) is 5.11 Å². The molecule has 0 spiro atoms. The fourth-order valence-corrected chi connectivity index (χ4v) is 2.50. The SMILES string of the molecule is CC1(C)C[C@@](C)(O)CC[C@H]1C(=O)O. The lowest BCUT2D eigenvalue weighted by Gasteiger charge is -2.43. The number of rotatable bonds is 1. The molecule has 0 unspecified atom stereocenters. The van der Waals surface area contributed by atoms with Crippen molar-refractivity contribution in [2.45, 2.75) is 45.6 Å². The Morgan fingerprint density at radius 3 is 2.31 bits per heavy atom. The van der Waals surface area contributed by atoms with Gasteiger partial charge in [-0.2, -0.15) is 0 Å². The number of aliphatic carboxylic acids is 1. The van der Waals surface area contributed by atoms with Gasteiger partial charge in [0.15, 0.2) is 0 Å². The zero-order valence-electron chi connectivity index (χ0n) is 8.50. The first-order chi connectivity index (χ1) is 5.75. The van der Waals surface area contributed by atoms with Gasteiger partial charge in [0.2, 0.25) is 0 Å². The molecule has 1 fully saturated rings. The molecule has 0 aromatic rings. The van der Waals surface area contributed by atoms with Gasteiger partial charge in [0.25, 0.3) is 0 Å². The average molecular weight is 186 g/mol. The van der Waals surface area contributed by atoms with Gasteiger partial charge in [0.05, 0.1) is 11.5 Å². The van der Waals surface area contributed by atoms with Crippen molar-refractivity contribution in [3.8, 4) is 0 Å². The molecule has 0 aromatic heterocycles. The summed E-state index contributed by atoms with van der Waals surface area (Å²) in [5, 5.41) is 18.8. The van der Waals surface area contributed by atoms with Crippen LogP contribution in [0.5, 0.6) is 0 Å². The summed E-state index contributed by atoms with van der Waals surface area (Å²) in [4.78, 5) is 10.9. The van der Waals surface area contributed by atoms with Crippen molar-refractivity contribution in [2.24, 2.45) is 11.3 Å². The molecule has 1 aliphatic rings. The van der Waals surface area contributed by atoms with Crippen LogP contribution >= 0.6 is 0 Å². The molecule has 13 heavy (non-hydrogen) atoms. The third kappa shape index (κ3) is 2.21. The molecule has 0 saturated heterocycles. The van der Waals surface area contributed by atoms with E-state index in [1.807, 2.05) is 13.8 Å². The van der Waals surface area contributed by atoms with E-state index in [0.29, 0.717) is 19.3 Å². The fraction of sp³-hybridized carbons (Fsp3) is 0.900. The molecule has 1 aliphatic carbocycles. The maximum atomic E-state index is 10.9. The Labute approximate surface area is 78.8 Å². The van der Waals surface area contributed by atoms with Gasteiger partial charge in [-0.25, -0.2) is 0 Å². The lowest BCUT2D eigenvalue weighted by Crippen LogP contribution is -2.44. The molecule has 3 heteroatoms. The molecule has 1 rings (SSSR count). The molecule has 0 radical (unpaired) electrons. The third-order valence-corrected chi connectivity index (χ3v) is 3.05. The highest BCUT2D eigenvalue weighted by molar-refractivity contribution is 5.71. The van der Waals surface area contributed by atoms with Crippen LogP contribution in [0.25, 0.3) is 0 Å². The lowest BCUT2D eigenvalue weighted by molar-refractivity contribution is -0.152. The van der Waals surface area contributed by atoms with Crippen molar-refractivity contribution >= 4 is 5.97 Å². The molecule has 0 aliphatic heterocycles. The minimum Gasteiger partial charge on any atom is -0.481 e. The van der Waals surface area contributed by atoms with Gasteiger partial charge in [0, 0.05) is 0 Å². The van der Waals surface area contributed by atoms with Crippen molar-refractivity contribution < 1.29 is 15.0 Å². The Morgan fingerprint density at radius 1 is 1.38 bits per heavy atom. The highest BCUT2D eigenvalue weighted by Gasteiger charge is 2.44. The maximum Gasteiger partial charge on any atom is 0.307 e. The van der Waals surface area contributed by atoms with E-state index < -0.39 is 11.6 Å². The first kappa shape index (κ1) is 10.5. The highest BCUT2D eigenvalue weighted by atomic mass is 16.4. The minimum atomic E-state index is -0.736. The topological polar surface area (TPSA) is 57.5 Å². The van der Waals surface area contributed by atoms with Gasteiger partial charge >= 0.3 is 5.97 Å². The van der Waals surface area contributed by atoms with Crippen LogP contribution in [-0.4, -0.2) is 21.8 Å². The molecular formula is C10H18O3. The predicted molar refractivity (Wildman–Crippen MR) is 49.4 cm³/mol. The van der Waals surface area contributed by atoms with Gasteiger partial charge < -0.3 is 10.2 Å². The standard InChI is InChI=1S/C10H18O3/c1-9(2)6-10(3,13)5-4-7(9)8(11)12/h7,13H,4-6H2,1-3H3,(H,11,12)/t7-,10-/m0/s1. The molecule has 0 amide bonds. The molecule has 0 aromatic carbocycles. The van der Waals surface area contributed by atoms with Crippen LogP contribution in [0.3, 0.4) is 0 Å².